The SMILES string of the molecule is CC1=C(C2=CNC3=CC=C(N=C(N)C=C(C=N)C(C)C)NC3=C2)SC(C)N1. The van der Waals surface area contributed by atoms with E-state index in [1.807, 2.05) is 44.0 Å². The van der Waals surface area contributed by atoms with Crippen molar-refractivity contribution in [3.8, 4) is 0 Å². The van der Waals surface area contributed by atoms with Gasteiger partial charge in [-0.3, -0.25) is 0 Å². The Morgan fingerprint density at radius 1 is 1.33 bits per heavy atom. The largest absolute Gasteiger partial charge is 0.384 e. The van der Waals surface area contributed by atoms with E-state index in [0.717, 1.165) is 22.5 Å². The Hall–Kier alpha value is -2.67. The fourth-order valence-electron chi connectivity index (χ4n) is 2.95. The summed E-state index contributed by atoms with van der Waals surface area (Å²) in [5.74, 6) is 1.28. The van der Waals surface area contributed by atoms with Gasteiger partial charge in [0.15, 0.2) is 0 Å². The highest BCUT2D eigenvalue weighted by molar-refractivity contribution is 8.04. The molecule has 3 rings (SSSR count). The predicted molar refractivity (Wildman–Crippen MR) is 115 cm³/mol. The van der Waals surface area contributed by atoms with Crippen molar-refractivity contribution in [3.05, 3.63) is 69.5 Å². The molecule has 0 aromatic carbocycles. The number of nitrogens with one attached hydrogen (secondary N) is 4. The zero-order valence-corrected chi connectivity index (χ0v) is 16.9. The Kier molecular flexibility index (Phi) is 5.60. The molecule has 142 valence electrons. The van der Waals surface area contributed by atoms with E-state index >= 15 is 0 Å². The van der Waals surface area contributed by atoms with E-state index in [4.69, 9.17) is 11.1 Å². The van der Waals surface area contributed by atoms with E-state index in [0.29, 0.717) is 17.0 Å². The van der Waals surface area contributed by atoms with E-state index in [-0.39, 0.29) is 5.92 Å². The summed E-state index contributed by atoms with van der Waals surface area (Å²) >= 11 is 1.82. The highest BCUT2D eigenvalue weighted by atomic mass is 32.2. The van der Waals surface area contributed by atoms with Gasteiger partial charge >= 0.3 is 0 Å². The first kappa shape index (κ1) is 19.1. The maximum Gasteiger partial charge on any atom is 0.132 e. The summed E-state index contributed by atoms with van der Waals surface area (Å²) in [4.78, 5) is 5.70. The number of dihydropyridines is 2. The number of thioether (sulfide) groups is 1. The molecular weight excluding hydrogens is 356 g/mol. The third kappa shape index (κ3) is 4.36. The maximum absolute atomic E-state index is 7.48. The van der Waals surface area contributed by atoms with Gasteiger partial charge in [-0.1, -0.05) is 25.6 Å². The van der Waals surface area contributed by atoms with E-state index < -0.39 is 0 Å². The fourth-order valence-corrected chi connectivity index (χ4v) is 4.03. The zero-order valence-electron chi connectivity index (χ0n) is 16.1. The lowest BCUT2D eigenvalue weighted by Crippen LogP contribution is -2.26. The lowest BCUT2D eigenvalue weighted by Gasteiger charge is -2.23. The quantitative estimate of drug-likeness (QED) is 0.372. The number of nitrogens with two attached hydrogens (primary N) is 1. The van der Waals surface area contributed by atoms with Crippen LogP contribution in [0.2, 0.25) is 0 Å². The molecule has 6 nitrogen and oxygen atoms in total. The van der Waals surface area contributed by atoms with Crippen LogP contribution in [0, 0.1) is 11.3 Å². The molecule has 1 unspecified atom stereocenters. The molecule has 3 heterocycles. The van der Waals surface area contributed by atoms with E-state index in [9.17, 15) is 0 Å². The Labute approximate surface area is 164 Å². The number of fused-ring (bicyclic) bond motifs is 1. The fraction of sp³-hybridized carbons (Fsp3) is 0.300. The molecule has 3 aliphatic heterocycles. The molecule has 6 N–H and O–H groups in total. The second-order valence-electron chi connectivity index (χ2n) is 6.90. The first-order chi connectivity index (χ1) is 12.9. The third-order valence-corrected chi connectivity index (χ3v) is 5.61. The van der Waals surface area contributed by atoms with Crippen LogP contribution < -0.4 is 21.7 Å². The molecule has 0 aliphatic carbocycles. The standard InChI is InChI=1S/C20H26N6S/c1-11(2)14(9-21)8-18(22)26-19-6-5-16-17(25-19)7-15(10-23-16)20-12(3)24-13(4)27-20/h5-11,13,21,23-25H,1-4H3,(H2,22,26). The van der Waals surface area contributed by atoms with Crippen molar-refractivity contribution < 1.29 is 0 Å². The van der Waals surface area contributed by atoms with Crippen LogP contribution in [0.15, 0.2) is 74.5 Å². The molecule has 0 saturated heterocycles. The number of amidine groups is 1. The number of aliphatic imine (C=N–C) groups is 1. The monoisotopic (exact) mass is 382 g/mol. The van der Waals surface area contributed by atoms with E-state index in [1.165, 1.54) is 16.8 Å². The van der Waals surface area contributed by atoms with Crippen LogP contribution in [-0.2, 0) is 0 Å². The molecule has 0 radical (unpaired) electrons. The van der Waals surface area contributed by atoms with Gasteiger partial charge in [0, 0.05) is 28.6 Å². The topological polar surface area (TPSA) is 98.3 Å². The minimum absolute atomic E-state index is 0.227. The van der Waals surface area contributed by atoms with Crippen LogP contribution >= 0.6 is 11.8 Å². The van der Waals surface area contributed by atoms with Gasteiger partial charge in [-0.05, 0) is 49.6 Å². The Bertz CT molecular complexity index is 867. The lowest BCUT2D eigenvalue weighted by molar-refractivity contribution is 0.806. The van der Waals surface area contributed by atoms with E-state index in [2.05, 4.69) is 40.9 Å². The summed E-state index contributed by atoms with van der Waals surface area (Å²) in [6, 6.07) is 0. The van der Waals surface area contributed by atoms with Crippen LogP contribution in [0.5, 0.6) is 0 Å². The second-order valence-corrected chi connectivity index (χ2v) is 8.25. The molecule has 27 heavy (non-hydrogen) atoms. The van der Waals surface area contributed by atoms with Crippen LogP contribution in [0.1, 0.15) is 27.7 Å². The molecule has 0 bridgehead atoms. The van der Waals surface area contributed by atoms with Crippen molar-refractivity contribution in [2.24, 2.45) is 16.6 Å². The van der Waals surface area contributed by atoms with Gasteiger partial charge in [0.2, 0.25) is 0 Å². The Morgan fingerprint density at radius 3 is 2.74 bits per heavy atom. The van der Waals surface area contributed by atoms with Crippen molar-refractivity contribution in [1.29, 1.82) is 5.41 Å². The van der Waals surface area contributed by atoms with Gasteiger partial charge in [0.1, 0.15) is 11.7 Å². The van der Waals surface area contributed by atoms with Gasteiger partial charge in [0.05, 0.1) is 16.8 Å². The highest BCUT2D eigenvalue weighted by Crippen LogP contribution is 2.37. The number of rotatable bonds is 5. The average molecular weight is 383 g/mol. The molecule has 1 atom stereocenters. The second kappa shape index (κ2) is 7.92. The zero-order chi connectivity index (χ0) is 19.6. The molecule has 0 aromatic heterocycles. The third-order valence-electron chi connectivity index (χ3n) is 4.36. The lowest BCUT2D eigenvalue weighted by atomic mass is 10.0. The smallest absolute Gasteiger partial charge is 0.132 e. The normalized spacial score (nSPS) is 22.8. The van der Waals surface area contributed by atoms with Crippen LogP contribution in [0.3, 0.4) is 0 Å². The van der Waals surface area contributed by atoms with Gasteiger partial charge in [-0.15, -0.1) is 0 Å². The predicted octanol–water partition coefficient (Wildman–Crippen LogP) is 3.19. The van der Waals surface area contributed by atoms with Gasteiger partial charge in [0.25, 0.3) is 0 Å². The van der Waals surface area contributed by atoms with Gasteiger partial charge in [-0.25, -0.2) is 4.99 Å². The van der Waals surface area contributed by atoms with Crippen LogP contribution in [0.4, 0.5) is 0 Å². The summed E-state index contributed by atoms with van der Waals surface area (Å²) in [6.07, 6.45) is 11.1. The number of hydrogen-bond acceptors (Lipinski definition) is 6. The maximum atomic E-state index is 7.48. The van der Waals surface area contributed by atoms with Crippen LogP contribution in [0.25, 0.3) is 0 Å². The Balaban J connectivity index is 1.79. The molecule has 0 spiro atoms. The summed E-state index contributed by atoms with van der Waals surface area (Å²) in [6.45, 7) is 8.30. The Morgan fingerprint density at radius 2 is 2.11 bits per heavy atom. The summed E-state index contributed by atoms with van der Waals surface area (Å²) in [7, 11) is 0. The molecule has 0 aromatic rings. The van der Waals surface area contributed by atoms with Crippen molar-refractivity contribution in [2.45, 2.75) is 33.1 Å². The molecule has 0 saturated carbocycles. The molecule has 0 fully saturated rings. The van der Waals surface area contributed by atoms with Crippen molar-refractivity contribution in [2.75, 3.05) is 0 Å². The number of allylic oxidation sites excluding steroid dienone is 6. The minimum atomic E-state index is 0.227. The van der Waals surface area contributed by atoms with Crippen molar-refractivity contribution in [3.63, 3.8) is 0 Å². The molecule has 7 heteroatoms. The van der Waals surface area contributed by atoms with E-state index in [1.54, 1.807) is 6.08 Å². The highest BCUT2D eigenvalue weighted by Gasteiger charge is 2.23. The minimum Gasteiger partial charge on any atom is -0.384 e. The number of hydrogen-bond donors (Lipinski definition) is 5. The van der Waals surface area contributed by atoms with Crippen molar-refractivity contribution >= 4 is 23.8 Å². The molecule has 0 amide bonds. The van der Waals surface area contributed by atoms with Gasteiger partial charge < -0.3 is 27.1 Å². The molecular formula is C20H26N6S. The van der Waals surface area contributed by atoms with Crippen LogP contribution in [-0.4, -0.2) is 17.4 Å². The summed E-state index contributed by atoms with van der Waals surface area (Å²) < 4.78 is 0. The number of nitrogens with zero attached hydrogens (tertiary/aromatic N) is 1. The van der Waals surface area contributed by atoms with Gasteiger partial charge in [-0.2, -0.15) is 0 Å². The van der Waals surface area contributed by atoms with Crippen molar-refractivity contribution in [1.82, 2.24) is 16.0 Å². The summed E-state index contributed by atoms with van der Waals surface area (Å²) in [5.41, 5.74) is 11.2. The average Bonchev–Trinajstić information content (AvgIpc) is 2.97. The summed E-state index contributed by atoms with van der Waals surface area (Å²) in [5, 5.41) is 18.0. The molecule has 3 aliphatic rings. The first-order valence-electron chi connectivity index (χ1n) is 8.96. The first-order valence-corrected chi connectivity index (χ1v) is 9.83.